The Morgan fingerprint density at radius 1 is 0.957 bits per heavy atom. The fourth-order valence-corrected chi connectivity index (χ4v) is 3.43. The van der Waals surface area contributed by atoms with Crippen LogP contribution in [-0.2, 0) is 20.1 Å². The number of hydrogen-bond acceptors (Lipinski definition) is 6. The van der Waals surface area contributed by atoms with E-state index in [1.807, 2.05) is 0 Å². The zero-order valence-electron chi connectivity index (χ0n) is 11.9. The Hall–Kier alpha value is -2.30. The van der Waals surface area contributed by atoms with Crippen molar-refractivity contribution in [1.82, 2.24) is 0 Å². The second-order valence-corrected chi connectivity index (χ2v) is 7.99. The molecule has 0 aliphatic carbocycles. The van der Waals surface area contributed by atoms with Crippen LogP contribution in [0.25, 0.3) is 0 Å². The maximum Gasteiger partial charge on any atom is 0.294 e. The van der Waals surface area contributed by atoms with Gasteiger partial charge >= 0.3 is 0 Å². The van der Waals surface area contributed by atoms with Gasteiger partial charge in [0.25, 0.3) is 10.1 Å². The van der Waals surface area contributed by atoms with Crippen LogP contribution in [0.1, 0.15) is 0 Å². The highest BCUT2D eigenvalue weighted by atomic mass is 32.2. The Morgan fingerprint density at radius 2 is 1.48 bits per heavy atom. The van der Waals surface area contributed by atoms with Gasteiger partial charge in [-0.25, -0.2) is 12.7 Å². The molecule has 0 spiro atoms. The van der Waals surface area contributed by atoms with Crippen molar-refractivity contribution in [2.45, 2.75) is 4.90 Å². The number of anilines is 3. The standard InChI is InChI=1S/C13H14N2O6S2/c1-22(17,18)15(10-4-7-12(14)13(16)8-10)9-2-5-11(6-3-9)23(19,20)21/h2-8,16H,14H2,1H3,(H,19,20,21). The third-order valence-corrected chi connectivity index (χ3v) is 4.90. The van der Waals surface area contributed by atoms with E-state index < -0.39 is 20.1 Å². The molecule has 0 saturated heterocycles. The molecule has 23 heavy (non-hydrogen) atoms. The molecule has 0 amide bonds. The van der Waals surface area contributed by atoms with Crippen molar-refractivity contribution in [3.8, 4) is 5.75 Å². The molecule has 0 radical (unpaired) electrons. The van der Waals surface area contributed by atoms with Crippen molar-refractivity contribution < 1.29 is 26.5 Å². The van der Waals surface area contributed by atoms with Crippen molar-refractivity contribution in [3.05, 3.63) is 42.5 Å². The SMILES string of the molecule is CS(=O)(=O)N(c1ccc(S(=O)(=O)O)cc1)c1ccc(N)c(O)c1. The van der Waals surface area contributed by atoms with Crippen molar-refractivity contribution >= 4 is 37.2 Å². The zero-order valence-corrected chi connectivity index (χ0v) is 13.5. The van der Waals surface area contributed by atoms with Gasteiger partial charge in [0.2, 0.25) is 10.0 Å². The van der Waals surface area contributed by atoms with Gasteiger partial charge in [0, 0.05) is 6.07 Å². The number of rotatable bonds is 4. The highest BCUT2D eigenvalue weighted by molar-refractivity contribution is 7.92. The first-order chi connectivity index (χ1) is 10.5. The number of benzene rings is 2. The number of phenols is 1. The van der Waals surface area contributed by atoms with Gasteiger partial charge in [-0.05, 0) is 36.4 Å². The van der Waals surface area contributed by atoms with Gasteiger partial charge in [0.1, 0.15) is 5.75 Å². The molecule has 0 aliphatic heterocycles. The first-order valence-corrected chi connectivity index (χ1v) is 9.45. The monoisotopic (exact) mass is 358 g/mol. The number of aromatic hydroxyl groups is 1. The van der Waals surface area contributed by atoms with E-state index in [1.54, 1.807) is 0 Å². The smallest absolute Gasteiger partial charge is 0.294 e. The third kappa shape index (κ3) is 3.73. The number of hydrogen-bond donors (Lipinski definition) is 3. The number of nitrogens with two attached hydrogens (primary N) is 1. The van der Waals surface area contributed by atoms with E-state index in [2.05, 4.69) is 0 Å². The molecule has 0 atom stereocenters. The minimum atomic E-state index is -4.38. The summed E-state index contributed by atoms with van der Waals surface area (Å²) < 4.78 is 56.0. The molecule has 0 fully saturated rings. The number of nitrogens with zero attached hydrogens (tertiary/aromatic N) is 1. The topological polar surface area (TPSA) is 138 Å². The predicted molar refractivity (Wildman–Crippen MR) is 85.8 cm³/mol. The van der Waals surface area contributed by atoms with Crippen molar-refractivity contribution in [1.29, 1.82) is 0 Å². The van der Waals surface area contributed by atoms with Gasteiger partial charge in [0.05, 0.1) is 28.2 Å². The lowest BCUT2D eigenvalue weighted by Crippen LogP contribution is -2.24. The molecule has 0 bridgehead atoms. The summed E-state index contributed by atoms with van der Waals surface area (Å²) in [6.45, 7) is 0. The fraction of sp³-hybridized carbons (Fsp3) is 0.0769. The predicted octanol–water partition coefficient (Wildman–Crippen LogP) is 1.32. The van der Waals surface area contributed by atoms with E-state index in [9.17, 15) is 21.9 Å². The Bertz CT molecular complexity index is 937. The molecule has 0 unspecified atom stereocenters. The molecule has 4 N–H and O–H groups in total. The molecular formula is C13H14N2O6S2. The van der Waals surface area contributed by atoms with Crippen LogP contribution in [-0.4, -0.2) is 32.8 Å². The molecule has 10 heteroatoms. The second kappa shape index (κ2) is 5.72. The van der Waals surface area contributed by atoms with Gasteiger partial charge in [-0.1, -0.05) is 0 Å². The maximum atomic E-state index is 12.1. The summed E-state index contributed by atoms with van der Waals surface area (Å²) in [5, 5.41) is 9.65. The van der Waals surface area contributed by atoms with Gasteiger partial charge in [-0.15, -0.1) is 0 Å². The number of phenolic OH excluding ortho intramolecular Hbond substituents is 1. The van der Waals surface area contributed by atoms with Crippen LogP contribution in [0.3, 0.4) is 0 Å². The molecule has 0 aliphatic rings. The largest absolute Gasteiger partial charge is 0.506 e. The highest BCUT2D eigenvalue weighted by Gasteiger charge is 2.21. The molecule has 0 saturated carbocycles. The van der Waals surface area contributed by atoms with E-state index >= 15 is 0 Å². The average Bonchev–Trinajstić information content (AvgIpc) is 2.41. The summed E-state index contributed by atoms with van der Waals surface area (Å²) in [7, 11) is -8.16. The van der Waals surface area contributed by atoms with Gasteiger partial charge in [-0.2, -0.15) is 8.42 Å². The fourth-order valence-electron chi connectivity index (χ4n) is 1.94. The molecule has 2 rings (SSSR count). The van der Waals surface area contributed by atoms with Crippen molar-refractivity contribution in [2.75, 3.05) is 16.3 Å². The molecule has 2 aromatic carbocycles. The summed E-state index contributed by atoms with van der Waals surface area (Å²) in [6, 6.07) is 8.49. The molecule has 8 nitrogen and oxygen atoms in total. The van der Waals surface area contributed by atoms with Crippen LogP contribution in [0.5, 0.6) is 5.75 Å². The van der Waals surface area contributed by atoms with E-state index in [4.69, 9.17) is 10.3 Å². The Morgan fingerprint density at radius 3 is 1.91 bits per heavy atom. The van der Waals surface area contributed by atoms with Crippen molar-refractivity contribution in [3.63, 3.8) is 0 Å². The summed E-state index contributed by atoms with van der Waals surface area (Å²) in [4.78, 5) is -0.366. The lowest BCUT2D eigenvalue weighted by atomic mass is 10.2. The van der Waals surface area contributed by atoms with E-state index in [0.29, 0.717) is 0 Å². The lowest BCUT2D eigenvalue weighted by molar-refractivity contribution is 0.478. The summed E-state index contributed by atoms with van der Waals surface area (Å²) in [5.74, 6) is -0.286. The van der Waals surface area contributed by atoms with Crippen molar-refractivity contribution in [2.24, 2.45) is 0 Å². The first-order valence-electron chi connectivity index (χ1n) is 6.16. The average molecular weight is 358 g/mol. The number of nitrogen functional groups attached to an aromatic ring is 1. The Balaban J connectivity index is 2.58. The minimum absolute atomic E-state index is 0.0870. The number of sulfonamides is 1. The quantitative estimate of drug-likeness (QED) is 0.425. The van der Waals surface area contributed by atoms with Gasteiger partial charge < -0.3 is 10.8 Å². The van der Waals surface area contributed by atoms with Crippen LogP contribution in [0.4, 0.5) is 17.1 Å². The summed E-state index contributed by atoms with van der Waals surface area (Å²) in [5.41, 5.74) is 5.83. The normalized spacial score (nSPS) is 12.1. The third-order valence-electron chi connectivity index (χ3n) is 2.95. The Labute approximate surface area is 133 Å². The molecule has 0 aromatic heterocycles. The molecule has 124 valence electrons. The van der Waals surface area contributed by atoms with Crippen LogP contribution >= 0.6 is 0 Å². The molecule has 2 aromatic rings. The van der Waals surface area contributed by atoms with Gasteiger partial charge in [0.15, 0.2) is 0 Å². The molecular weight excluding hydrogens is 344 g/mol. The summed E-state index contributed by atoms with van der Waals surface area (Å²) in [6.07, 6.45) is 0.955. The van der Waals surface area contributed by atoms with Crippen LogP contribution < -0.4 is 10.0 Å². The van der Waals surface area contributed by atoms with E-state index in [1.165, 1.54) is 30.3 Å². The minimum Gasteiger partial charge on any atom is -0.506 e. The highest BCUT2D eigenvalue weighted by Crippen LogP contribution is 2.33. The lowest BCUT2D eigenvalue weighted by Gasteiger charge is -2.23. The van der Waals surface area contributed by atoms with E-state index in [-0.39, 0.29) is 27.7 Å². The molecule has 0 heterocycles. The zero-order chi connectivity index (χ0) is 17.4. The van der Waals surface area contributed by atoms with Crippen LogP contribution in [0.2, 0.25) is 0 Å². The maximum absolute atomic E-state index is 12.1. The first kappa shape index (κ1) is 17.1. The summed E-state index contributed by atoms with van der Waals surface area (Å²) >= 11 is 0. The van der Waals surface area contributed by atoms with E-state index in [0.717, 1.165) is 22.7 Å². The van der Waals surface area contributed by atoms with Crippen LogP contribution in [0.15, 0.2) is 47.4 Å². The Kier molecular flexibility index (Phi) is 4.24. The second-order valence-electron chi connectivity index (χ2n) is 4.74. The van der Waals surface area contributed by atoms with Crippen LogP contribution in [0, 0.1) is 0 Å². The van der Waals surface area contributed by atoms with Gasteiger partial charge in [-0.3, -0.25) is 4.55 Å².